The average Bonchev–Trinajstić information content (AvgIpc) is 2.84. The van der Waals surface area contributed by atoms with Gasteiger partial charge in [0.15, 0.2) is 0 Å². The predicted molar refractivity (Wildman–Crippen MR) is 125 cm³/mol. The highest BCUT2D eigenvalue weighted by atomic mass is 16.5. The summed E-state index contributed by atoms with van der Waals surface area (Å²) in [5.41, 5.74) is 0.923. The van der Waals surface area contributed by atoms with Crippen LogP contribution in [-0.2, 0) is 11.3 Å². The van der Waals surface area contributed by atoms with Crippen molar-refractivity contribution in [3.8, 4) is 11.5 Å². The lowest BCUT2D eigenvalue weighted by molar-refractivity contribution is -0.127. The van der Waals surface area contributed by atoms with Gasteiger partial charge in [0.25, 0.3) is 0 Å². The number of carbonyl (C=O) groups excluding carboxylic acids is 2. The van der Waals surface area contributed by atoms with Crippen molar-refractivity contribution in [2.24, 2.45) is 5.92 Å². The first kappa shape index (κ1) is 22.2. The molecule has 6 nitrogen and oxygen atoms in total. The number of nitrogens with zero attached hydrogens (tertiary/aromatic N) is 1. The molecule has 1 aliphatic heterocycles. The Balaban J connectivity index is 1.24. The lowest BCUT2D eigenvalue weighted by Crippen LogP contribution is -2.48. The highest BCUT2D eigenvalue weighted by Gasteiger charge is 2.28. The maximum atomic E-state index is 12.7. The second-order valence-electron chi connectivity index (χ2n) is 8.79. The third-order valence-corrected chi connectivity index (χ3v) is 6.48. The van der Waals surface area contributed by atoms with Crippen LogP contribution >= 0.6 is 0 Å². The topological polar surface area (TPSA) is 70.7 Å². The number of ether oxygens (including phenoxy) is 1. The third-order valence-electron chi connectivity index (χ3n) is 6.48. The predicted octanol–water partition coefficient (Wildman–Crippen LogP) is 4.85. The summed E-state index contributed by atoms with van der Waals surface area (Å²) < 4.78 is 5.98. The van der Waals surface area contributed by atoms with Gasteiger partial charge in [-0.2, -0.15) is 0 Å². The molecule has 1 heterocycles. The molecule has 2 N–H and O–H groups in total. The summed E-state index contributed by atoms with van der Waals surface area (Å²) in [5.74, 6) is 1.68. The number of likely N-dealkylation sites (tertiary alicyclic amines) is 1. The van der Waals surface area contributed by atoms with Crippen LogP contribution in [0.3, 0.4) is 0 Å². The Morgan fingerprint density at radius 3 is 2.31 bits per heavy atom. The van der Waals surface area contributed by atoms with Crippen LogP contribution in [0.1, 0.15) is 50.5 Å². The van der Waals surface area contributed by atoms with Gasteiger partial charge in [-0.25, -0.2) is 4.79 Å². The summed E-state index contributed by atoms with van der Waals surface area (Å²) in [5, 5.41) is 6.24. The van der Waals surface area contributed by atoms with Crippen LogP contribution in [0.4, 0.5) is 4.79 Å². The van der Waals surface area contributed by atoms with E-state index in [1.54, 1.807) is 0 Å². The molecule has 1 saturated heterocycles. The van der Waals surface area contributed by atoms with Crippen molar-refractivity contribution >= 4 is 11.9 Å². The van der Waals surface area contributed by atoms with E-state index in [1.807, 2.05) is 59.5 Å². The normalized spacial score (nSPS) is 17.6. The van der Waals surface area contributed by atoms with E-state index in [1.165, 1.54) is 19.3 Å². The van der Waals surface area contributed by atoms with E-state index in [0.29, 0.717) is 25.7 Å². The highest BCUT2D eigenvalue weighted by molar-refractivity contribution is 5.80. The maximum absolute atomic E-state index is 12.7. The van der Waals surface area contributed by atoms with Gasteiger partial charge in [-0.15, -0.1) is 0 Å². The van der Waals surface area contributed by atoms with Gasteiger partial charge in [-0.1, -0.05) is 55.7 Å². The Labute approximate surface area is 190 Å². The number of rotatable bonds is 6. The van der Waals surface area contributed by atoms with Crippen molar-refractivity contribution in [2.75, 3.05) is 13.1 Å². The molecule has 0 atom stereocenters. The maximum Gasteiger partial charge on any atom is 0.317 e. The van der Waals surface area contributed by atoms with Crippen molar-refractivity contribution in [1.82, 2.24) is 15.5 Å². The summed E-state index contributed by atoms with van der Waals surface area (Å²) in [7, 11) is 0. The van der Waals surface area contributed by atoms with Gasteiger partial charge in [0.05, 0.1) is 0 Å². The van der Waals surface area contributed by atoms with Crippen molar-refractivity contribution in [1.29, 1.82) is 0 Å². The Morgan fingerprint density at radius 1 is 0.875 bits per heavy atom. The number of hydrogen-bond donors (Lipinski definition) is 2. The zero-order chi connectivity index (χ0) is 22.2. The monoisotopic (exact) mass is 435 g/mol. The molecule has 0 spiro atoms. The zero-order valence-corrected chi connectivity index (χ0v) is 18.6. The Hall–Kier alpha value is -3.02. The fourth-order valence-electron chi connectivity index (χ4n) is 4.56. The van der Waals surface area contributed by atoms with Crippen LogP contribution in [0.2, 0.25) is 0 Å². The second kappa shape index (κ2) is 11.0. The van der Waals surface area contributed by atoms with Crippen LogP contribution in [-0.4, -0.2) is 36.0 Å². The molecule has 0 unspecified atom stereocenters. The number of nitrogens with one attached hydrogen (secondary N) is 2. The van der Waals surface area contributed by atoms with Crippen molar-refractivity contribution < 1.29 is 14.3 Å². The van der Waals surface area contributed by atoms with E-state index in [9.17, 15) is 9.59 Å². The lowest BCUT2D eigenvalue weighted by Gasteiger charge is -2.32. The SMILES string of the molecule is O=C(NC1CCCCC1)C1CCN(C(=O)NCc2ccccc2Oc2ccccc2)CC1. The van der Waals surface area contributed by atoms with Gasteiger partial charge in [0.2, 0.25) is 5.91 Å². The molecule has 2 fully saturated rings. The first-order valence-electron chi connectivity index (χ1n) is 11.8. The molecule has 2 aromatic rings. The molecule has 6 heteroatoms. The number of amides is 3. The molecular formula is C26H33N3O3. The molecule has 2 aromatic carbocycles. The minimum Gasteiger partial charge on any atom is -0.457 e. The Kier molecular flexibility index (Phi) is 7.64. The number of hydrogen-bond acceptors (Lipinski definition) is 3. The molecule has 170 valence electrons. The zero-order valence-electron chi connectivity index (χ0n) is 18.6. The first-order valence-corrected chi connectivity index (χ1v) is 11.8. The molecule has 32 heavy (non-hydrogen) atoms. The number of piperidine rings is 1. The molecule has 1 saturated carbocycles. The van der Waals surface area contributed by atoms with Crippen LogP contribution in [0.15, 0.2) is 54.6 Å². The molecule has 4 rings (SSSR count). The van der Waals surface area contributed by atoms with Crippen LogP contribution in [0.25, 0.3) is 0 Å². The van der Waals surface area contributed by atoms with Crippen LogP contribution < -0.4 is 15.4 Å². The number of para-hydroxylation sites is 2. The quantitative estimate of drug-likeness (QED) is 0.681. The Bertz CT molecular complexity index is 888. The van der Waals surface area contributed by atoms with Crippen LogP contribution in [0.5, 0.6) is 11.5 Å². The van der Waals surface area contributed by atoms with E-state index >= 15 is 0 Å². The molecular weight excluding hydrogens is 402 g/mol. The van der Waals surface area contributed by atoms with Gasteiger partial charge in [0, 0.05) is 37.2 Å². The highest BCUT2D eigenvalue weighted by Crippen LogP contribution is 2.25. The van der Waals surface area contributed by atoms with E-state index in [-0.39, 0.29) is 17.9 Å². The standard InChI is InChI=1S/C26H33N3O3/c30-25(28-22-10-3-1-4-11-22)20-15-17-29(18-16-20)26(31)27-19-21-9-7-8-14-24(21)32-23-12-5-2-6-13-23/h2,5-9,12-14,20,22H,1,3-4,10-11,15-19H2,(H,27,31)(H,28,30). The summed E-state index contributed by atoms with van der Waals surface area (Å²) >= 11 is 0. The fourth-order valence-corrected chi connectivity index (χ4v) is 4.56. The molecule has 1 aliphatic carbocycles. The smallest absolute Gasteiger partial charge is 0.317 e. The van der Waals surface area contributed by atoms with Gasteiger partial charge in [-0.3, -0.25) is 4.79 Å². The number of carbonyl (C=O) groups is 2. The Morgan fingerprint density at radius 2 is 1.56 bits per heavy atom. The van der Waals surface area contributed by atoms with E-state index in [4.69, 9.17) is 4.74 Å². The average molecular weight is 436 g/mol. The van der Waals surface area contributed by atoms with Crippen LogP contribution in [0, 0.1) is 5.92 Å². The van der Waals surface area contributed by atoms with Crippen molar-refractivity contribution in [2.45, 2.75) is 57.5 Å². The van der Waals surface area contributed by atoms with E-state index < -0.39 is 0 Å². The third kappa shape index (κ3) is 6.02. The molecule has 0 bridgehead atoms. The fraction of sp³-hybridized carbons (Fsp3) is 0.462. The molecule has 2 aliphatic rings. The summed E-state index contributed by atoms with van der Waals surface area (Å²) in [6.07, 6.45) is 7.35. The molecule has 0 aromatic heterocycles. The largest absolute Gasteiger partial charge is 0.457 e. The van der Waals surface area contributed by atoms with E-state index in [2.05, 4.69) is 10.6 Å². The minimum atomic E-state index is -0.0920. The molecule has 3 amide bonds. The van der Waals surface area contributed by atoms with Gasteiger partial charge >= 0.3 is 6.03 Å². The number of benzene rings is 2. The second-order valence-corrected chi connectivity index (χ2v) is 8.79. The van der Waals surface area contributed by atoms with Crippen molar-refractivity contribution in [3.05, 3.63) is 60.2 Å². The van der Waals surface area contributed by atoms with Gasteiger partial charge < -0.3 is 20.3 Å². The van der Waals surface area contributed by atoms with Gasteiger partial charge in [-0.05, 0) is 43.9 Å². The minimum absolute atomic E-state index is 0.0148. The molecule has 0 radical (unpaired) electrons. The first-order chi connectivity index (χ1) is 15.7. The summed E-state index contributed by atoms with van der Waals surface area (Å²) in [4.78, 5) is 27.1. The van der Waals surface area contributed by atoms with E-state index in [0.717, 1.165) is 42.7 Å². The lowest BCUT2D eigenvalue weighted by atomic mass is 9.92. The van der Waals surface area contributed by atoms with Crippen molar-refractivity contribution in [3.63, 3.8) is 0 Å². The number of urea groups is 1. The van der Waals surface area contributed by atoms with Gasteiger partial charge in [0.1, 0.15) is 11.5 Å². The summed E-state index contributed by atoms with van der Waals surface area (Å²) in [6, 6.07) is 17.6. The summed E-state index contributed by atoms with van der Waals surface area (Å²) in [6.45, 7) is 1.61.